The number of hydrogen-bond donors (Lipinski definition) is 0. The molecule has 3 nitrogen and oxygen atoms in total. The van der Waals surface area contributed by atoms with E-state index in [1.54, 1.807) is 18.2 Å². The Bertz CT molecular complexity index is 345. The Balaban J connectivity index is 2.75. The van der Waals surface area contributed by atoms with Crippen LogP contribution in [0.25, 0.3) is 10.4 Å². The Morgan fingerprint density at radius 2 is 2.15 bits per heavy atom. The van der Waals surface area contributed by atoms with Crippen LogP contribution in [0.3, 0.4) is 0 Å². The molecule has 0 aliphatic heterocycles. The molecule has 0 bridgehead atoms. The lowest BCUT2D eigenvalue weighted by Crippen LogP contribution is -1.89. The predicted molar refractivity (Wildman–Crippen MR) is 54.2 cm³/mol. The third-order valence-corrected chi connectivity index (χ3v) is 2.16. The van der Waals surface area contributed by atoms with Crippen molar-refractivity contribution in [2.24, 2.45) is 5.11 Å². The van der Waals surface area contributed by atoms with Crippen molar-refractivity contribution >= 4 is 23.2 Å². The van der Waals surface area contributed by atoms with Crippen molar-refractivity contribution in [2.45, 2.75) is 6.42 Å². The molecule has 0 N–H and O–H groups in total. The maximum Gasteiger partial charge on any atom is 0.0439 e. The lowest BCUT2D eigenvalue weighted by Gasteiger charge is -2.01. The van der Waals surface area contributed by atoms with Crippen LogP contribution in [0, 0.1) is 0 Å². The van der Waals surface area contributed by atoms with E-state index in [9.17, 15) is 0 Å². The second kappa shape index (κ2) is 4.97. The van der Waals surface area contributed by atoms with Gasteiger partial charge in [-0.3, -0.25) is 0 Å². The minimum atomic E-state index is 0.399. The van der Waals surface area contributed by atoms with Gasteiger partial charge in [-0.05, 0) is 35.7 Å². The van der Waals surface area contributed by atoms with Gasteiger partial charge in [0.15, 0.2) is 0 Å². The summed E-state index contributed by atoms with van der Waals surface area (Å²) in [4.78, 5) is 2.65. The molecule has 68 valence electrons. The van der Waals surface area contributed by atoms with Gasteiger partial charge in [-0.2, -0.15) is 0 Å². The molecule has 13 heavy (non-hydrogen) atoms. The molecular weight excluding hydrogens is 209 g/mol. The van der Waals surface area contributed by atoms with Gasteiger partial charge in [-0.15, -0.1) is 0 Å². The molecule has 1 rings (SSSR count). The minimum Gasteiger partial charge on any atom is -0.0936 e. The first kappa shape index (κ1) is 10.2. The van der Waals surface area contributed by atoms with E-state index in [0.717, 1.165) is 5.56 Å². The number of azide groups is 1. The average Bonchev–Trinajstić information content (AvgIpc) is 2.11. The molecular formula is C8H7Cl2N3. The third kappa shape index (κ3) is 3.15. The summed E-state index contributed by atoms with van der Waals surface area (Å²) in [6.45, 7) is 0.399. The molecule has 0 aliphatic rings. The zero-order chi connectivity index (χ0) is 9.68. The molecule has 0 fully saturated rings. The molecule has 0 radical (unpaired) electrons. The molecule has 0 saturated heterocycles. The van der Waals surface area contributed by atoms with Crippen LogP contribution in [-0.2, 0) is 6.42 Å². The summed E-state index contributed by atoms with van der Waals surface area (Å²) in [6.07, 6.45) is 0.615. The molecule has 0 aromatic heterocycles. The Kier molecular flexibility index (Phi) is 3.90. The van der Waals surface area contributed by atoms with Gasteiger partial charge in [0.05, 0.1) is 0 Å². The third-order valence-electron chi connectivity index (χ3n) is 1.55. The average molecular weight is 216 g/mol. The highest BCUT2D eigenvalue weighted by atomic mass is 35.5. The molecule has 0 atom stereocenters. The molecule has 5 heteroatoms. The first-order chi connectivity index (χ1) is 6.24. The number of nitrogens with zero attached hydrogens (tertiary/aromatic N) is 3. The fourth-order valence-corrected chi connectivity index (χ4v) is 1.36. The van der Waals surface area contributed by atoms with E-state index in [1.165, 1.54) is 0 Å². The van der Waals surface area contributed by atoms with Crippen LogP contribution in [0.15, 0.2) is 23.3 Å². The smallest absolute Gasteiger partial charge is 0.0439 e. The van der Waals surface area contributed by atoms with E-state index in [2.05, 4.69) is 10.0 Å². The van der Waals surface area contributed by atoms with Crippen LogP contribution in [0.2, 0.25) is 10.0 Å². The number of rotatable bonds is 3. The van der Waals surface area contributed by atoms with Crippen molar-refractivity contribution in [1.29, 1.82) is 0 Å². The van der Waals surface area contributed by atoms with Gasteiger partial charge in [0.25, 0.3) is 0 Å². The largest absolute Gasteiger partial charge is 0.0936 e. The normalized spacial score (nSPS) is 9.38. The predicted octanol–water partition coefficient (Wildman–Crippen LogP) is 3.85. The second-order valence-corrected chi connectivity index (χ2v) is 3.28. The number of benzene rings is 1. The highest BCUT2D eigenvalue weighted by molar-refractivity contribution is 6.33. The SMILES string of the molecule is [N-]=[N+]=NCCc1cc(Cl)ccc1Cl. The van der Waals surface area contributed by atoms with Crippen molar-refractivity contribution in [3.05, 3.63) is 44.3 Å². The Morgan fingerprint density at radius 1 is 1.38 bits per heavy atom. The zero-order valence-corrected chi connectivity index (χ0v) is 8.26. The highest BCUT2D eigenvalue weighted by Gasteiger charge is 1.99. The quantitative estimate of drug-likeness (QED) is 0.418. The van der Waals surface area contributed by atoms with Crippen LogP contribution in [0.1, 0.15) is 5.56 Å². The maximum absolute atomic E-state index is 8.07. The van der Waals surface area contributed by atoms with Gasteiger partial charge < -0.3 is 0 Å². The van der Waals surface area contributed by atoms with E-state index in [4.69, 9.17) is 28.7 Å². The van der Waals surface area contributed by atoms with Crippen LogP contribution in [0.5, 0.6) is 0 Å². The summed E-state index contributed by atoms with van der Waals surface area (Å²) >= 11 is 11.6. The Labute approximate surface area is 85.9 Å². The molecule has 0 amide bonds. The van der Waals surface area contributed by atoms with Gasteiger partial charge >= 0.3 is 0 Å². The lowest BCUT2D eigenvalue weighted by atomic mass is 10.1. The fourth-order valence-electron chi connectivity index (χ4n) is 0.950. The molecule has 1 aromatic carbocycles. The van der Waals surface area contributed by atoms with E-state index in [-0.39, 0.29) is 0 Å². The van der Waals surface area contributed by atoms with Crippen molar-refractivity contribution in [3.63, 3.8) is 0 Å². The van der Waals surface area contributed by atoms with E-state index < -0.39 is 0 Å². The standard InChI is InChI=1S/C8H7Cl2N3/c9-7-1-2-8(10)6(5-7)3-4-12-13-11/h1-2,5H,3-4H2. The summed E-state index contributed by atoms with van der Waals surface area (Å²) in [7, 11) is 0. The molecule has 0 saturated carbocycles. The van der Waals surface area contributed by atoms with Crippen molar-refractivity contribution in [3.8, 4) is 0 Å². The van der Waals surface area contributed by atoms with Crippen molar-refractivity contribution in [1.82, 2.24) is 0 Å². The van der Waals surface area contributed by atoms with Crippen LogP contribution >= 0.6 is 23.2 Å². The number of hydrogen-bond acceptors (Lipinski definition) is 1. The first-order valence-electron chi connectivity index (χ1n) is 3.69. The molecule has 0 aliphatic carbocycles. The first-order valence-corrected chi connectivity index (χ1v) is 4.44. The molecule has 0 unspecified atom stereocenters. The van der Waals surface area contributed by atoms with Gasteiger partial charge in [0.1, 0.15) is 0 Å². The topological polar surface area (TPSA) is 48.8 Å². The Hall–Kier alpha value is -0.890. The molecule has 0 spiro atoms. The summed E-state index contributed by atoms with van der Waals surface area (Å²) in [5.41, 5.74) is 8.97. The molecule has 0 heterocycles. The highest BCUT2D eigenvalue weighted by Crippen LogP contribution is 2.20. The fraction of sp³-hybridized carbons (Fsp3) is 0.250. The van der Waals surface area contributed by atoms with Gasteiger partial charge in [0.2, 0.25) is 0 Å². The van der Waals surface area contributed by atoms with Crippen LogP contribution < -0.4 is 0 Å². The van der Waals surface area contributed by atoms with E-state index in [1.807, 2.05) is 0 Å². The maximum atomic E-state index is 8.07. The summed E-state index contributed by atoms with van der Waals surface area (Å²) in [5.74, 6) is 0. The molecule has 1 aromatic rings. The second-order valence-electron chi connectivity index (χ2n) is 2.44. The monoisotopic (exact) mass is 215 g/mol. The summed E-state index contributed by atoms with van der Waals surface area (Å²) in [5, 5.41) is 4.71. The van der Waals surface area contributed by atoms with E-state index in [0.29, 0.717) is 23.0 Å². The van der Waals surface area contributed by atoms with Gasteiger partial charge in [-0.1, -0.05) is 28.3 Å². The van der Waals surface area contributed by atoms with Gasteiger partial charge in [0, 0.05) is 21.5 Å². The zero-order valence-electron chi connectivity index (χ0n) is 6.74. The number of halogens is 2. The minimum absolute atomic E-state index is 0.399. The Morgan fingerprint density at radius 3 is 2.85 bits per heavy atom. The van der Waals surface area contributed by atoms with Crippen molar-refractivity contribution in [2.75, 3.05) is 6.54 Å². The van der Waals surface area contributed by atoms with Crippen LogP contribution in [0.4, 0.5) is 0 Å². The lowest BCUT2D eigenvalue weighted by molar-refractivity contribution is 0.956. The summed E-state index contributed by atoms with van der Waals surface area (Å²) in [6, 6.07) is 5.23. The summed E-state index contributed by atoms with van der Waals surface area (Å²) < 4.78 is 0. The van der Waals surface area contributed by atoms with Gasteiger partial charge in [-0.25, -0.2) is 0 Å². The van der Waals surface area contributed by atoms with Crippen LogP contribution in [-0.4, -0.2) is 6.54 Å². The van der Waals surface area contributed by atoms with Crippen molar-refractivity contribution < 1.29 is 0 Å². The van der Waals surface area contributed by atoms with E-state index >= 15 is 0 Å².